The predicted molar refractivity (Wildman–Crippen MR) is 64.0 cm³/mol. The van der Waals surface area contributed by atoms with Gasteiger partial charge in [0, 0.05) is 13.5 Å². The van der Waals surface area contributed by atoms with Gasteiger partial charge in [-0.2, -0.15) is 0 Å². The quantitative estimate of drug-likeness (QED) is 0.909. The van der Waals surface area contributed by atoms with Crippen molar-refractivity contribution >= 4 is 5.91 Å². The first kappa shape index (κ1) is 13.9. The molecule has 2 heterocycles. The van der Waals surface area contributed by atoms with E-state index in [4.69, 9.17) is 4.74 Å². The highest BCUT2D eigenvalue weighted by molar-refractivity contribution is 5.93. The van der Waals surface area contributed by atoms with Crippen LogP contribution in [-0.2, 0) is 17.9 Å². The van der Waals surface area contributed by atoms with E-state index in [9.17, 15) is 13.6 Å². The molecule has 19 heavy (non-hydrogen) atoms. The molecule has 0 bridgehead atoms. The summed E-state index contributed by atoms with van der Waals surface area (Å²) in [6.07, 6.45) is 1.39. The van der Waals surface area contributed by atoms with Crippen molar-refractivity contribution in [2.45, 2.75) is 45.4 Å². The van der Waals surface area contributed by atoms with Crippen LogP contribution < -0.4 is 5.32 Å². The molecule has 0 atom stereocenters. The third kappa shape index (κ3) is 2.60. The fourth-order valence-electron chi connectivity index (χ4n) is 1.74. The normalized spacial score (nSPS) is 16.1. The summed E-state index contributed by atoms with van der Waals surface area (Å²) in [5.74, 6) is -2.93. The number of nitrogens with zero attached hydrogens (tertiary/aromatic N) is 2. The van der Waals surface area contributed by atoms with E-state index < -0.39 is 17.4 Å². The van der Waals surface area contributed by atoms with Crippen molar-refractivity contribution in [1.82, 2.24) is 14.9 Å². The first-order chi connectivity index (χ1) is 8.72. The maximum atomic E-state index is 13.4. The van der Waals surface area contributed by atoms with Crippen LogP contribution in [0.3, 0.4) is 0 Å². The van der Waals surface area contributed by atoms with Gasteiger partial charge in [0.25, 0.3) is 11.8 Å². The number of alkyl halides is 2. The van der Waals surface area contributed by atoms with E-state index in [-0.39, 0.29) is 5.69 Å². The van der Waals surface area contributed by atoms with Crippen LogP contribution in [0, 0.1) is 0 Å². The zero-order valence-electron chi connectivity index (χ0n) is 11.2. The molecule has 1 aliphatic rings. The summed E-state index contributed by atoms with van der Waals surface area (Å²) in [5, 5.41) is 2.36. The Bertz CT molecular complexity index is 492. The molecule has 0 aromatic carbocycles. The number of nitrogens with one attached hydrogen (secondary N) is 1. The number of carbonyl (C=O) groups is 1. The van der Waals surface area contributed by atoms with Crippen molar-refractivity contribution in [3.8, 4) is 0 Å². The highest BCUT2D eigenvalue weighted by atomic mass is 19.3. The highest BCUT2D eigenvalue weighted by Gasteiger charge is 2.43. The van der Waals surface area contributed by atoms with Gasteiger partial charge in [-0.1, -0.05) is 0 Å². The second-order valence-electron chi connectivity index (χ2n) is 5.23. The Labute approximate surface area is 110 Å². The molecule has 106 valence electrons. The Hall–Kier alpha value is -1.50. The maximum Gasteiger partial charge on any atom is 0.270 e. The summed E-state index contributed by atoms with van der Waals surface area (Å²) in [4.78, 5) is 16.2. The molecule has 0 aliphatic carbocycles. The Morgan fingerprint density at radius 1 is 1.47 bits per heavy atom. The maximum absolute atomic E-state index is 13.4. The zero-order chi connectivity index (χ0) is 14.3. The molecule has 0 saturated carbocycles. The van der Waals surface area contributed by atoms with Gasteiger partial charge in [-0.05, 0) is 13.8 Å². The molecule has 1 aliphatic heterocycles. The molecule has 2 rings (SSSR count). The number of carbonyl (C=O) groups excluding carboxylic acids is 1. The summed E-state index contributed by atoms with van der Waals surface area (Å²) in [6.45, 7) is 4.69. The SMILES string of the molecule is CC(F)(F)C(C)(C)NC(=O)c1cnc2n1CCOC2. The average Bonchev–Trinajstić information content (AvgIpc) is 2.70. The number of hydrogen-bond donors (Lipinski definition) is 1. The lowest BCUT2D eigenvalue weighted by Gasteiger charge is -2.32. The van der Waals surface area contributed by atoms with Gasteiger partial charge in [0.05, 0.1) is 18.3 Å². The molecular formula is C12H17F2N3O2. The molecule has 7 heteroatoms. The van der Waals surface area contributed by atoms with Gasteiger partial charge < -0.3 is 14.6 Å². The van der Waals surface area contributed by atoms with Crippen LogP contribution in [0.15, 0.2) is 6.20 Å². The third-order valence-corrected chi connectivity index (χ3v) is 3.38. The van der Waals surface area contributed by atoms with E-state index in [1.807, 2.05) is 0 Å². The Kier molecular flexibility index (Phi) is 3.34. The Morgan fingerprint density at radius 3 is 2.79 bits per heavy atom. The zero-order valence-corrected chi connectivity index (χ0v) is 11.2. The van der Waals surface area contributed by atoms with Crippen molar-refractivity contribution in [2.24, 2.45) is 0 Å². The Balaban J connectivity index is 2.19. The average molecular weight is 273 g/mol. The van der Waals surface area contributed by atoms with Crippen LogP contribution in [0.2, 0.25) is 0 Å². The number of rotatable bonds is 3. The second kappa shape index (κ2) is 4.56. The number of fused-ring (bicyclic) bond motifs is 1. The standard InChI is InChI=1S/C12H17F2N3O2/c1-11(2,12(3,13)14)16-10(18)8-6-15-9-7-19-5-4-17(8)9/h6H,4-5,7H2,1-3H3,(H,16,18). The minimum atomic E-state index is -3.02. The molecular weight excluding hydrogens is 256 g/mol. The summed E-state index contributed by atoms with van der Waals surface area (Å²) in [5.41, 5.74) is -1.34. The third-order valence-electron chi connectivity index (χ3n) is 3.38. The van der Waals surface area contributed by atoms with Gasteiger partial charge in [-0.25, -0.2) is 13.8 Å². The van der Waals surface area contributed by atoms with Crippen molar-refractivity contribution < 1.29 is 18.3 Å². The molecule has 5 nitrogen and oxygen atoms in total. The van der Waals surface area contributed by atoms with Gasteiger partial charge >= 0.3 is 0 Å². The Morgan fingerprint density at radius 2 is 2.16 bits per heavy atom. The molecule has 0 spiro atoms. The largest absolute Gasteiger partial charge is 0.372 e. The number of imidazole rings is 1. The van der Waals surface area contributed by atoms with Gasteiger partial charge in [0.2, 0.25) is 0 Å². The molecule has 1 aromatic rings. The van der Waals surface area contributed by atoms with E-state index in [2.05, 4.69) is 10.3 Å². The molecule has 0 saturated heterocycles. The lowest BCUT2D eigenvalue weighted by Crippen LogP contribution is -2.55. The van der Waals surface area contributed by atoms with Gasteiger partial charge in [-0.15, -0.1) is 0 Å². The molecule has 1 aromatic heterocycles. The van der Waals surface area contributed by atoms with E-state index in [0.717, 1.165) is 6.92 Å². The van der Waals surface area contributed by atoms with Crippen molar-refractivity contribution in [3.63, 3.8) is 0 Å². The number of amides is 1. The smallest absolute Gasteiger partial charge is 0.270 e. The van der Waals surface area contributed by atoms with E-state index in [1.54, 1.807) is 4.57 Å². The highest BCUT2D eigenvalue weighted by Crippen LogP contribution is 2.27. The second-order valence-corrected chi connectivity index (χ2v) is 5.23. The minimum Gasteiger partial charge on any atom is -0.372 e. The van der Waals surface area contributed by atoms with Crippen molar-refractivity contribution in [2.75, 3.05) is 6.61 Å². The van der Waals surface area contributed by atoms with Crippen LogP contribution in [0.25, 0.3) is 0 Å². The fourth-order valence-corrected chi connectivity index (χ4v) is 1.74. The number of ether oxygens (including phenoxy) is 1. The van der Waals surface area contributed by atoms with E-state index >= 15 is 0 Å². The lowest BCUT2D eigenvalue weighted by molar-refractivity contribution is -0.0548. The van der Waals surface area contributed by atoms with Crippen LogP contribution in [-0.4, -0.2) is 33.5 Å². The van der Waals surface area contributed by atoms with E-state index in [1.165, 1.54) is 20.0 Å². The molecule has 0 fully saturated rings. The van der Waals surface area contributed by atoms with Crippen molar-refractivity contribution in [1.29, 1.82) is 0 Å². The monoisotopic (exact) mass is 273 g/mol. The molecule has 1 N–H and O–H groups in total. The van der Waals surface area contributed by atoms with Crippen LogP contribution in [0.4, 0.5) is 8.78 Å². The summed E-state index contributed by atoms with van der Waals surface area (Å²) in [7, 11) is 0. The minimum absolute atomic E-state index is 0.288. The molecule has 1 amide bonds. The fraction of sp³-hybridized carbons (Fsp3) is 0.667. The number of halogens is 2. The van der Waals surface area contributed by atoms with Crippen LogP contribution in [0.1, 0.15) is 37.1 Å². The summed E-state index contributed by atoms with van der Waals surface area (Å²) >= 11 is 0. The van der Waals surface area contributed by atoms with E-state index in [0.29, 0.717) is 25.6 Å². The van der Waals surface area contributed by atoms with Crippen LogP contribution >= 0.6 is 0 Å². The number of aromatic nitrogens is 2. The van der Waals surface area contributed by atoms with Crippen LogP contribution in [0.5, 0.6) is 0 Å². The predicted octanol–water partition coefficient (Wildman–Crippen LogP) is 1.58. The summed E-state index contributed by atoms with van der Waals surface area (Å²) in [6, 6.07) is 0. The first-order valence-electron chi connectivity index (χ1n) is 6.05. The first-order valence-corrected chi connectivity index (χ1v) is 6.05. The number of hydrogen-bond acceptors (Lipinski definition) is 3. The van der Waals surface area contributed by atoms with Crippen molar-refractivity contribution in [3.05, 3.63) is 17.7 Å². The van der Waals surface area contributed by atoms with Gasteiger partial charge in [0.15, 0.2) is 0 Å². The molecule has 0 unspecified atom stereocenters. The lowest BCUT2D eigenvalue weighted by atomic mass is 9.97. The van der Waals surface area contributed by atoms with Gasteiger partial charge in [0.1, 0.15) is 18.1 Å². The topological polar surface area (TPSA) is 56.2 Å². The molecule has 0 radical (unpaired) electrons. The van der Waals surface area contributed by atoms with Gasteiger partial charge in [-0.3, -0.25) is 4.79 Å². The summed E-state index contributed by atoms with van der Waals surface area (Å²) < 4.78 is 33.7.